The van der Waals surface area contributed by atoms with Gasteiger partial charge in [-0.2, -0.15) is 0 Å². The molecule has 0 saturated carbocycles. The number of benzene rings is 1. The number of nitro benzene ring substituents is 1. The van der Waals surface area contributed by atoms with Crippen LogP contribution in [0, 0.1) is 10.1 Å². The Bertz CT molecular complexity index is 462. The number of nitro groups is 1. The zero-order valence-corrected chi connectivity index (χ0v) is 7.92. The van der Waals surface area contributed by atoms with Crippen molar-refractivity contribution >= 4 is 5.69 Å². The van der Waals surface area contributed by atoms with Gasteiger partial charge >= 0.3 is 0 Å². The van der Waals surface area contributed by atoms with E-state index in [1.165, 1.54) is 6.07 Å². The lowest BCUT2D eigenvalue weighted by Crippen LogP contribution is -1.90. The van der Waals surface area contributed by atoms with Gasteiger partial charge in [0.15, 0.2) is 0 Å². The van der Waals surface area contributed by atoms with Crippen LogP contribution in [0.4, 0.5) is 5.69 Å². The molecule has 76 valence electrons. The number of non-ortho nitro benzene ring substituents is 1. The third-order valence-corrected chi connectivity index (χ3v) is 2.11. The van der Waals surface area contributed by atoms with Gasteiger partial charge in [-0.05, 0) is 17.2 Å². The molecule has 0 amide bonds. The summed E-state index contributed by atoms with van der Waals surface area (Å²) in [6.45, 7) is 0. The smallest absolute Gasteiger partial charge is 0.269 e. The Hall–Kier alpha value is -2.10. The molecule has 1 heterocycles. The van der Waals surface area contributed by atoms with Crippen molar-refractivity contribution in [1.82, 2.24) is 0 Å². The monoisotopic (exact) mass is 203 g/mol. The highest BCUT2D eigenvalue weighted by molar-refractivity contribution is 5.36. The van der Waals surface area contributed by atoms with Crippen LogP contribution in [0.15, 0.2) is 47.3 Å². The van der Waals surface area contributed by atoms with Crippen LogP contribution in [-0.4, -0.2) is 4.92 Å². The van der Waals surface area contributed by atoms with E-state index in [4.69, 9.17) is 4.42 Å². The van der Waals surface area contributed by atoms with Gasteiger partial charge in [0.25, 0.3) is 5.69 Å². The molecule has 0 N–H and O–H groups in total. The highest BCUT2D eigenvalue weighted by Gasteiger charge is 2.06. The fourth-order valence-electron chi connectivity index (χ4n) is 1.41. The second-order valence-corrected chi connectivity index (χ2v) is 3.24. The first kappa shape index (κ1) is 9.45. The molecule has 1 aromatic heterocycles. The molecule has 0 aliphatic heterocycles. The minimum atomic E-state index is -0.390. The van der Waals surface area contributed by atoms with Crippen LogP contribution >= 0.6 is 0 Å². The van der Waals surface area contributed by atoms with Gasteiger partial charge in [0.1, 0.15) is 0 Å². The Kier molecular flexibility index (Phi) is 2.49. The summed E-state index contributed by atoms with van der Waals surface area (Å²) in [5.41, 5.74) is 2.04. The topological polar surface area (TPSA) is 56.3 Å². The largest absolute Gasteiger partial charge is 0.472 e. The molecule has 0 radical (unpaired) electrons. The molecule has 2 rings (SSSR count). The van der Waals surface area contributed by atoms with Crippen LogP contribution in [0.3, 0.4) is 0 Å². The fraction of sp³-hybridized carbons (Fsp3) is 0.0909. The maximum atomic E-state index is 10.5. The Labute approximate surface area is 86.3 Å². The van der Waals surface area contributed by atoms with Crippen molar-refractivity contribution in [1.29, 1.82) is 0 Å². The summed E-state index contributed by atoms with van der Waals surface area (Å²) < 4.78 is 4.93. The van der Waals surface area contributed by atoms with E-state index in [2.05, 4.69) is 0 Å². The normalized spacial score (nSPS) is 10.1. The predicted molar refractivity (Wildman–Crippen MR) is 54.6 cm³/mol. The van der Waals surface area contributed by atoms with Crippen molar-refractivity contribution in [3.63, 3.8) is 0 Å². The third kappa shape index (κ3) is 2.22. The molecule has 2 aromatic rings. The van der Waals surface area contributed by atoms with E-state index in [1.54, 1.807) is 24.7 Å². The SMILES string of the molecule is O=[N+]([O-])c1cccc(Cc2ccoc2)c1. The summed E-state index contributed by atoms with van der Waals surface area (Å²) >= 11 is 0. The van der Waals surface area contributed by atoms with E-state index >= 15 is 0 Å². The van der Waals surface area contributed by atoms with Crippen molar-refractivity contribution in [2.75, 3.05) is 0 Å². The fourth-order valence-corrected chi connectivity index (χ4v) is 1.41. The standard InChI is InChI=1S/C11H9NO3/c13-12(14)11-3-1-2-9(7-11)6-10-4-5-15-8-10/h1-5,7-8H,6H2. The number of hydrogen-bond acceptors (Lipinski definition) is 3. The van der Waals surface area contributed by atoms with Gasteiger partial charge in [0, 0.05) is 18.6 Å². The van der Waals surface area contributed by atoms with Gasteiger partial charge in [0.2, 0.25) is 0 Å². The zero-order valence-electron chi connectivity index (χ0n) is 7.92. The molecule has 0 aliphatic carbocycles. The van der Waals surface area contributed by atoms with E-state index in [-0.39, 0.29) is 5.69 Å². The van der Waals surface area contributed by atoms with Crippen LogP contribution < -0.4 is 0 Å². The molecule has 0 saturated heterocycles. The van der Waals surface area contributed by atoms with E-state index in [0.29, 0.717) is 6.42 Å². The molecule has 0 spiro atoms. The number of furan rings is 1. The van der Waals surface area contributed by atoms with E-state index in [0.717, 1.165) is 11.1 Å². The molecule has 4 heteroatoms. The summed E-state index contributed by atoms with van der Waals surface area (Å²) in [6.07, 6.45) is 3.88. The van der Waals surface area contributed by atoms with Gasteiger partial charge < -0.3 is 4.42 Å². The third-order valence-electron chi connectivity index (χ3n) is 2.11. The number of nitrogens with zero attached hydrogens (tertiary/aromatic N) is 1. The van der Waals surface area contributed by atoms with Crippen molar-refractivity contribution in [3.8, 4) is 0 Å². The van der Waals surface area contributed by atoms with Crippen LogP contribution in [0.25, 0.3) is 0 Å². The minimum Gasteiger partial charge on any atom is -0.472 e. The molecule has 15 heavy (non-hydrogen) atoms. The Morgan fingerprint density at radius 1 is 1.27 bits per heavy atom. The Morgan fingerprint density at radius 3 is 2.80 bits per heavy atom. The van der Waals surface area contributed by atoms with Crippen LogP contribution in [-0.2, 0) is 6.42 Å². The minimum absolute atomic E-state index is 0.121. The van der Waals surface area contributed by atoms with E-state index in [1.807, 2.05) is 12.1 Å². The average molecular weight is 203 g/mol. The van der Waals surface area contributed by atoms with Crippen LogP contribution in [0.1, 0.15) is 11.1 Å². The lowest BCUT2D eigenvalue weighted by molar-refractivity contribution is -0.384. The predicted octanol–water partition coefficient (Wildman–Crippen LogP) is 2.78. The lowest BCUT2D eigenvalue weighted by atomic mass is 10.1. The summed E-state index contributed by atoms with van der Waals surface area (Å²) in [6, 6.07) is 8.46. The quantitative estimate of drug-likeness (QED) is 0.569. The molecular formula is C11H9NO3. The Balaban J connectivity index is 2.22. The highest BCUT2D eigenvalue weighted by Crippen LogP contribution is 2.16. The molecule has 1 aromatic carbocycles. The van der Waals surface area contributed by atoms with Gasteiger partial charge in [-0.15, -0.1) is 0 Å². The van der Waals surface area contributed by atoms with Crippen molar-refractivity contribution in [3.05, 3.63) is 64.1 Å². The molecule has 4 nitrogen and oxygen atoms in total. The molecule has 0 atom stereocenters. The summed E-state index contributed by atoms with van der Waals surface area (Å²) in [4.78, 5) is 10.2. The molecular weight excluding hydrogens is 194 g/mol. The maximum absolute atomic E-state index is 10.5. The molecule has 0 bridgehead atoms. The number of rotatable bonds is 3. The first-order chi connectivity index (χ1) is 7.25. The van der Waals surface area contributed by atoms with E-state index < -0.39 is 4.92 Å². The Morgan fingerprint density at radius 2 is 2.13 bits per heavy atom. The second-order valence-electron chi connectivity index (χ2n) is 3.24. The van der Waals surface area contributed by atoms with Gasteiger partial charge in [0.05, 0.1) is 17.4 Å². The molecule has 0 unspecified atom stereocenters. The van der Waals surface area contributed by atoms with Crippen molar-refractivity contribution in [2.24, 2.45) is 0 Å². The number of hydrogen-bond donors (Lipinski definition) is 0. The van der Waals surface area contributed by atoms with E-state index in [9.17, 15) is 10.1 Å². The summed E-state index contributed by atoms with van der Waals surface area (Å²) in [5.74, 6) is 0. The summed E-state index contributed by atoms with van der Waals surface area (Å²) in [5, 5.41) is 10.5. The average Bonchev–Trinajstić information content (AvgIpc) is 2.71. The molecule has 0 fully saturated rings. The van der Waals surface area contributed by atoms with Crippen LogP contribution in [0.5, 0.6) is 0 Å². The van der Waals surface area contributed by atoms with Gasteiger partial charge in [-0.3, -0.25) is 10.1 Å². The first-order valence-corrected chi connectivity index (χ1v) is 4.50. The van der Waals surface area contributed by atoms with Gasteiger partial charge in [-0.1, -0.05) is 12.1 Å². The van der Waals surface area contributed by atoms with Crippen molar-refractivity contribution < 1.29 is 9.34 Å². The first-order valence-electron chi connectivity index (χ1n) is 4.50. The zero-order chi connectivity index (χ0) is 10.7. The lowest BCUT2D eigenvalue weighted by Gasteiger charge is -1.98. The van der Waals surface area contributed by atoms with Crippen LogP contribution in [0.2, 0.25) is 0 Å². The van der Waals surface area contributed by atoms with Crippen molar-refractivity contribution in [2.45, 2.75) is 6.42 Å². The highest BCUT2D eigenvalue weighted by atomic mass is 16.6. The van der Waals surface area contributed by atoms with Gasteiger partial charge in [-0.25, -0.2) is 0 Å². The summed E-state index contributed by atoms with van der Waals surface area (Å²) in [7, 11) is 0. The second kappa shape index (κ2) is 3.96. The molecule has 0 aliphatic rings. The maximum Gasteiger partial charge on any atom is 0.269 e.